The lowest BCUT2D eigenvalue weighted by Crippen LogP contribution is -2.45. The van der Waals surface area contributed by atoms with Crippen LogP contribution in [0, 0.1) is 0 Å². The Morgan fingerprint density at radius 1 is 1.32 bits per heavy atom. The van der Waals surface area contributed by atoms with Crippen LogP contribution in [0.5, 0.6) is 0 Å². The minimum Gasteiger partial charge on any atom is -0.338 e. The van der Waals surface area contributed by atoms with Crippen molar-refractivity contribution in [2.45, 2.75) is 25.3 Å². The van der Waals surface area contributed by atoms with Gasteiger partial charge in [-0.2, -0.15) is 4.98 Å². The highest BCUT2D eigenvalue weighted by Crippen LogP contribution is 2.21. The summed E-state index contributed by atoms with van der Waals surface area (Å²) in [5.41, 5.74) is 0. The smallest absolute Gasteiger partial charge is 0.243 e. The van der Waals surface area contributed by atoms with E-state index in [1.54, 1.807) is 0 Å². The third-order valence-electron chi connectivity index (χ3n) is 4.09. The van der Waals surface area contributed by atoms with E-state index in [-0.39, 0.29) is 6.04 Å². The van der Waals surface area contributed by atoms with Crippen molar-refractivity contribution in [2.75, 3.05) is 46.3 Å². The largest absolute Gasteiger partial charge is 0.338 e. The molecule has 1 atom stereocenters. The molecule has 1 aromatic rings. The maximum Gasteiger partial charge on any atom is 0.243 e. The van der Waals surface area contributed by atoms with Crippen molar-refractivity contribution in [1.29, 1.82) is 0 Å². The molecule has 0 aliphatic carbocycles. The van der Waals surface area contributed by atoms with Gasteiger partial charge < -0.3 is 19.6 Å². The van der Waals surface area contributed by atoms with Crippen molar-refractivity contribution in [3.63, 3.8) is 0 Å². The zero-order valence-corrected chi connectivity index (χ0v) is 11.6. The number of nitrogens with zero attached hydrogens (tertiary/aromatic N) is 4. The monoisotopic (exact) mass is 265 g/mol. The molecule has 0 bridgehead atoms. The molecule has 106 valence electrons. The van der Waals surface area contributed by atoms with E-state index in [1.165, 1.54) is 6.42 Å². The fourth-order valence-electron chi connectivity index (χ4n) is 2.74. The molecular weight excluding hydrogens is 242 g/mol. The van der Waals surface area contributed by atoms with Gasteiger partial charge >= 0.3 is 0 Å². The topological polar surface area (TPSA) is 57.4 Å². The lowest BCUT2D eigenvalue weighted by atomic mass is 10.2. The van der Waals surface area contributed by atoms with E-state index in [4.69, 9.17) is 4.52 Å². The van der Waals surface area contributed by atoms with Crippen LogP contribution in [0.15, 0.2) is 4.52 Å². The average molecular weight is 265 g/mol. The average Bonchev–Trinajstić information content (AvgIpc) is 3.09. The Hall–Kier alpha value is -0.980. The molecule has 6 heteroatoms. The van der Waals surface area contributed by atoms with Gasteiger partial charge in [-0.25, -0.2) is 0 Å². The second-order valence-electron chi connectivity index (χ2n) is 5.59. The van der Waals surface area contributed by atoms with Crippen LogP contribution in [0.3, 0.4) is 0 Å². The van der Waals surface area contributed by atoms with Crippen LogP contribution in [0.4, 0.5) is 0 Å². The van der Waals surface area contributed by atoms with Crippen molar-refractivity contribution < 1.29 is 4.52 Å². The molecule has 0 spiro atoms. The van der Waals surface area contributed by atoms with Gasteiger partial charge in [0.2, 0.25) is 5.89 Å². The first kappa shape index (κ1) is 13.0. The zero-order valence-electron chi connectivity index (χ0n) is 11.6. The van der Waals surface area contributed by atoms with E-state index in [1.807, 2.05) is 0 Å². The second-order valence-corrected chi connectivity index (χ2v) is 5.59. The molecule has 1 N–H and O–H groups in total. The zero-order chi connectivity index (χ0) is 13.1. The summed E-state index contributed by atoms with van der Waals surface area (Å²) in [6.07, 6.45) is 3.20. The number of nitrogens with one attached hydrogen (secondary N) is 1. The van der Waals surface area contributed by atoms with Crippen molar-refractivity contribution in [2.24, 2.45) is 0 Å². The Bertz CT molecular complexity index is 393. The highest BCUT2D eigenvalue weighted by atomic mass is 16.5. The van der Waals surface area contributed by atoms with Crippen LogP contribution < -0.4 is 5.32 Å². The summed E-state index contributed by atoms with van der Waals surface area (Å²) in [6.45, 7) is 6.69. The molecule has 0 aromatic carbocycles. The molecule has 2 aliphatic rings. The fourth-order valence-corrected chi connectivity index (χ4v) is 2.74. The Morgan fingerprint density at radius 2 is 2.16 bits per heavy atom. The number of rotatable bonds is 4. The SMILES string of the molecule is CN1CCN(CCc2noc(C3CCCN3)n2)CC1. The Morgan fingerprint density at radius 3 is 2.89 bits per heavy atom. The van der Waals surface area contributed by atoms with E-state index in [0.717, 1.165) is 63.8 Å². The first-order valence-corrected chi connectivity index (χ1v) is 7.28. The third kappa shape index (κ3) is 3.32. The van der Waals surface area contributed by atoms with E-state index in [0.29, 0.717) is 0 Å². The summed E-state index contributed by atoms with van der Waals surface area (Å²) in [7, 11) is 2.18. The van der Waals surface area contributed by atoms with Crippen molar-refractivity contribution in [3.05, 3.63) is 11.7 Å². The minimum atomic E-state index is 0.282. The van der Waals surface area contributed by atoms with Gasteiger partial charge in [0.1, 0.15) is 0 Å². The summed E-state index contributed by atoms with van der Waals surface area (Å²) in [4.78, 5) is 9.36. The summed E-state index contributed by atoms with van der Waals surface area (Å²) in [5.74, 6) is 1.62. The molecule has 6 nitrogen and oxygen atoms in total. The standard InChI is InChI=1S/C13H23N5O/c1-17-7-9-18(10-8-17)6-4-12-15-13(19-16-12)11-3-2-5-14-11/h11,14H,2-10H2,1H3. The highest BCUT2D eigenvalue weighted by Gasteiger charge is 2.22. The van der Waals surface area contributed by atoms with E-state index in [9.17, 15) is 0 Å². The lowest BCUT2D eigenvalue weighted by Gasteiger charge is -2.31. The predicted octanol–water partition coefficient (Wildman–Crippen LogP) is 0.284. The van der Waals surface area contributed by atoms with Crippen LogP contribution in [0.25, 0.3) is 0 Å². The normalized spacial score (nSPS) is 26.1. The van der Waals surface area contributed by atoms with Crippen LogP contribution in [0.2, 0.25) is 0 Å². The van der Waals surface area contributed by atoms with Gasteiger partial charge in [0.05, 0.1) is 6.04 Å². The van der Waals surface area contributed by atoms with Crippen LogP contribution in [-0.2, 0) is 6.42 Å². The summed E-state index contributed by atoms with van der Waals surface area (Å²) < 4.78 is 5.36. The molecule has 19 heavy (non-hydrogen) atoms. The number of hydrogen-bond acceptors (Lipinski definition) is 6. The first-order chi connectivity index (χ1) is 9.31. The van der Waals surface area contributed by atoms with Gasteiger partial charge in [-0.3, -0.25) is 0 Å². The molecule has 0 amide bonds. The lowest BCUT2D eigenvalue weighted by molar-refractivity contribution is 0.154. The number of likely N-dealkylation sites (N-methyl/N-ethyl adjacent to an activating group) is 1. The first-order valence-electron chi connectivity index (χ1n) is 7.28. The molecule has 1 aromatic heterocycles. The summed E-state index contributed by atoms with van der Waals surface area (Å²) >= 11 is 0. The van der Waals surface area contributed by atoms with Gasteiger partial charge in [-0.1, -0.05) is 5.16 Å². The van der Waals surface area contributed by atoms with Crippen LogP contribution in [0.1, 0.15) is 30.6 Å². The van der Waals surface area contributed by atoms with Gasteiger partial charge in [-0.15, -0.1) is 0 Å². The molecule has 1 unspecified atom stereocenters. The molecule has 3 heterocycles. The van der Waals surface area contributed by atoms with Crippen molar-refractivity contribution >= 4 is 0 Å². The number of piperazine rings is 1. The number of hydrogen-bond donors (Lipinski definition) is 1. The van der Waals surface area contributed by atoms with E-state index >= 15 is 0 Å². The Balaban J connectivity index is 1.47. The highest BCUT2D eigenvalue weighted by molar-refractivity contribution is 4.95. The molecular formula is C13H23N5O. The minimum absolute atomic E-state index is 0.282. The molecule has 2 saturated heterocycles. The van der Waals surface area contributed by atoms with Crippen LogP contribution >= 0.6 is 0 Å². The molecule has 3 rings (SSSR count). The Labute approximate surface area is 114 Å². The molecule has 0 saturated carbocycles. The maximum absolute atomic E-state index is 5.36. The van der Waals surface area contributed by atoms with Gasteiger partial charge in [0.15, 0.2) is 5.82 Å². The van der Waals surface area contributed by atoms with Crippen LogP contribution in [-0.4, -0.2) is 66.3 Å². The summed E-state index contributed by atoms with van der Waals surface area (Å²) in [6, 6.07) is 0.282. The van der Waals surface area contributed by atoms with Gasteiger partial charge in [0.25, 0.3) is 0 Å². The van der Waals surface area contributed by atoms with E-state index < -0.39 is 0 Å². The fraction of sp³-hybridized carbons (Fsp3) is 0.846. The third-order valence-corrected chi connectivity index (χ3v) is 4.09. The van der Waals surface area contributed by atoms with E-state index in [2.05, 4.69) is 32.3 Å². The molecule has 2 fully saturated rings. The van der Waals surface area contributed by atoms with Gasteiger partial charge in [0, 0.05) is 39.1 Å². The Kier molecular flexibility index (Phi) is 4.10. The molecule has 2 aliphatic heterocycles. The van der Waals surface area contributed by atoms with Gasteiger partial charge in [-0.05, 0) is 26.4 Å². The maximum atomic E-state index is 5.36. The quantitative estimate of drug-likeness (QED) is 0.844. The van der Waals surface area contributed by atoms with Crippen molar-refractivity contribution in [3.8, 4) is 0 Å². The predicted molar refractivity (Wildman–Crippen MR) is 71.9 cm³/mol. The molecule has 0 radical (unpaired) electrons. The van der Waals surface area contributed by atoms with Crippen molar-refractivity contribution in [1.82, 2.24) is 25.3 Å². The second kappa shape index (κ2) is 5.98. The number of aromatic nitrogens is 2. The summed E-state index contributed by atoms with van der Waals surface area (Å²) in [5, 5.41) is 7.48.